The largest absolute Gasteiger partial charge is 0.326 e. The highest BCUT2D eigenvalue weighted by atomic mass is 32.2. The number of carbonyl (C=O) groups is 2. The first-order valence-corrected chi connectivity index (χ1v) is 8.72. The number of halogens is 1. The molecule has 0 bridgehead atoms. The van der Waals surface area contributed by atoms with Crippen LogP contribution in [0.15, 0.2) is 53.7 Å². The average molecular weight is 370 g/mol. The van der Waals surface area contributed by atoms with Crippen LogP contribution in [0.1, 0.15) is 17.3 Å². The summed E-state index contributed by atoms with van der Waals surface area (Å²) in [5.41, 5.74) is 1.16. The number of benzene rings is 2. The van der Waals surface area contributed by atoms with E-state index in [1.165, 1.54) is 19.1 Å². The quantitative estimate of drug-likeness (QED) is 0.512. The van der Waals surface area contributed by atoms with E-state index in [4.69, 9.17) is 0 Å². The molecule has 0 unspecified atom stereocenters. The summed E-state index contributed by atoms with van der Waals surface area (Å²) in [6.45, 7) is 1.33. The average Bonchev–Trinajstić information content (AvgIpc) is 3.09. The molecule has 3 rings (SSSR count). The Morgan fingerprint density at radius 1 is 1.19 bits per heavy atom. The van der Waals surface area contributed by atoms with E-state index in [1.807, 2.05) is 30.3 Å². The standard InChI is InChI=1S/C18H15FN4O2S/c1-11(24)20-13-7-8-14(15(19)9-13)16(25)10-26-18-21-17(22-23-18)12-5-3-2-4-6-12/h2-9H,10H2,1H3,(H,20,24)(H,21,22,23). The van der Waals surface area contributed by atoms with E-state index in [1.54, 1.807) is 0 Å². The van der Waals surface area contributed by atoms with Crippen LogP contribution < -0.4 is 5.32 Å². The van der Waals surface area contributed by atoms with E-state index in [2.05, 4.69) is 20.5 Å². The smallest absolute Gasteiger partial charge is 0.221 e. The molecule has 2 N–H and O–H groups in total. The highest BCUT2D eigenvalue weighted by molar-refractivity contribution is 7.99. The lowest BCUT2D eigenvalue weighted by Gasteiger charge is -2.05. The molecule has 8 heteroatoms. The fraction of sp³-hybridized carbons (Fsp3) is 0.111. The van der Waals surface area contributed by atoms with Crippen molar-refractivity contribution in [3.8, 4) is 11.4 Å². The lowest BCUT2D eigenvalue weighted by Crippen LogP contribution is -2.09. The number of aromatic nitrogens is 3. The summed E-state index contributed by atoms with van der Waals surface area (Å²) >= 11 is 1.12. The monoisotopic (exact) mass is 370 g/mol. The van der Waals surface area contributed by atoms with Crippen LogP contribution >= 0.6 is 11.8 Å². The molecule has 0 fully saturated rings. The van der Waals surface area contributed by atoms with Crippen molar-refractivity contribution < 1.29 is 14.0 Å². The molecule has 0 saturated carbocycles. The zero-order valence-corrected chi connectivity index (χ0v) is 14.6. The number of ketones is 1. The predicted octanol–water partition coefficient (Wildman–Crippen LogP) is 3.54. The molecule has 0 saturated heterocycles. The Hall–Kier alpha value is -3.00. The lowest BCUT2D eigenvalue weighted by molar-refractivity contribution is -0.114. The summed E-state index contributed by atoms with van der Waals surface area (Å²) in [6, 6.07) is 13.4. The molecule has 3 aromatic rings. The van der Waals surface area contributed by atoms with Gasteiger partial charge in [0.2, 0.25) is 11.1 Å². The van der Waals surface area contributed by atoms with Crippen molar-refractivity contribution in [1.82, 2.24) is 15.2 Å². The summed E-state index contributed by atoms with van der Waals surface area (Å²) in [7, 11) is 0. The summed E-state index contributed by atoms with van der Waals surface area (Å²) in [4.78, 5) is 27.5. The van der Waals surface area contributed by atoms with E-state index in [9.17, 15) is 14.0 Å². The van der Waals surface area contributed by atoms with Gasteiger partial charge in [-0.2, -0.15) is 0 Å². The first-order chi connectivity index (χ1) is 12.5. The molecule has 2 aromatic carbocycles. The Morgan fingerprint density at radius 2 is 1.96 bits per heavy atom. The van der Waals surface area contributed by atoms with E-state index >= 15 is 0 Å². The normalized spacial score (nSPS) is 10.5. The van der Waals surface area contributed by atoms with E-state index in [0.29, 0.717) is 16.7 Å². The summed E-state index contributed by atoms with van der Waals surface area (Å²) < 4.78 is 14.1. The zero-order valence-electron chi connectivity index (χ0n) is 13.8. The van der Waals surface area contributed by atoms with Crippen molar-refractivity contribution in [2.75, 3.05) is 11.1 Å². The number of rotatable bonds is 6. The Labute approximate surface area is 153 Å². The van der Waals surface area contributed by atoms with Gasteiger partial charge in [0.05, 0.1) is 11.3 Å². The topological polar surface area (TPSA) is 87.7 Å². The number of carbonyl (C=O) groups excluding carboxylic acids is 2. The van der Waals surface area contributed by atoms with Gasteiger partial charge in [-0.15, -0.1) is 5.10 Å². The molecular formula is C18H15FN4O2S. The van der Waals surface area contributed by atoms with E-state index in [-0.39, 0.29) is 23.0 Å². The Morgan fingerprint density at radius 3 is 2.65 bits per heavy atom. The van der Waals surface area contributed by atoms with Gasteiger partial charge in [0.1, 0.15) is 5.82 Å². The van der Waals surface area contributed by atoms with Crippen molar-refractivity contribution in [1.29, 1.82) is 0 Å². The number of nitrogens with zero attached hydrogens (tertiary/aromatic N) is 2. The van der Waals surface area contributed by atoms with Gasteiger partial charge >= 0.3 is 0 Å². The third kappa shape index (κ3) is 4.34. The molecule has 1 heterocycles. The SMILES string of the molecule is CC(=O)Nc1ccc(C(=O)CSc2n[nH]c(-c3ccccc3)n2)c(F)c1. The number of aromatic amines is 1. The minimum Gasteiger partial charge on any atom is -0.326 e. The molecule has 132 valence electrons. The summed E-state index contributed by atoms with van der Waals surface area (Å²) in [5.74, 6) is -0.762. The molecule has 26 heavy (non-hydrogen) atoms. The Bertz CT molecular complexity index is 943. The third-order valence-corrected chi connectivity index (χ3v) is 4.28. The highest BCUT2D eigenvalue weighted by Gasteiger charge is 2.15. The van der Waals surface area contributed by atoms with Gasteiger partial charge in [-0.25, -0.2) is 9.37 Å². The molecule has 0 aliphatic heterocycles. The molecule has 1 amide bonds. The van der Waals surface area contributed by atoms with Gasteiger partial charge in [-0.3, -0.25) is 14.7 Å². The molecule has 6 nitrogen and oxygen atoms in total. The maximum Gasteiger partial charge on any atom is 0.221 e. The maximum absolute atomic E-state index is 14.1. The minimum atomic E-state index is -0.679. The van der Waals surface area contributed by atoms with E-state index < -0.39 is 5.82 Å². The van der Waals surface area contributed by atoms with Gasteiger partial charge in [0, 0.05) is 18.2 Å². The second kappa shape index (κ2) is 7.92. The summed E-state index contributed by atoms with van der Waals surface area (Å²) in [6.07, 6.45) is 0. The second-order valence-electron chi connectivity index (χ2n) is 5.42. The van der Waals surface area contributed by atoms with Gasteiger partial charge in [-0.05, 0) is 18.2 Å². The van der Waals surface area contributed by atoms with Crippen molar-refractivity contribution in [3.05, 3.63) is 59.9 Å². The minimum absolute atomic E-state index is 0.00247. The maximum atomic E-state index is 14.1. The molecule has 0 atom stereocenters. The number of hydrogen-bond acceptors (Lipinski definition) is 5. The molecule has 0 spiro atoms. The zero-order chi connectivity index (χ0) is 18.5. The predicted molar refractivity (Wildman–Crippen MR) is 97.6 cm³/mol. The molecule has 0 aliphatic carbocycles. The van der Waals surface area contributed by atoms with Crippen molar-refractivity contribution in [2.24, 2.45) is 0 Å². The third-order valence-electron chi connectivity index (χ3n) is 3.43. The second-order valence-corrected chi connectivity index (χ2v) is 6.36. The fourth-order valence-electron chi connectivity index (χ4n) is 2.27. The van der Waals surface area contributed by atoms with Crippen LogP contribution in [0.2, 0.25) is 0 Å². The first kappa shape index (κ1) is 17.8. The van der Waals surface area contributed by atoms with Crippen LogP contribution in [0.3, 0.4) is 0 Å². The molecule has 0 aliphatic rings. The van der Waals surface area contributed by atoms with Gasteiger partial charge in [0.15, 0.2) is 11.6 Å². The number of amides is 1. The van der Waals surface area contributed by atoms with Crippen LogP contribution in [0.25, 0.3) is 11.4 Å². The van der Waals surface area contributed by atoms with Crippen LogP contribution in [-0.4, -0.2) is 32.6 Å². The number of H-pyrrole nitrogens is 1. The number of anilines is 1. The fourth-order valence-corrected chi connectivity index (χ4v) is 2.95. The lowest BCUT2D eigenvalue weighted by atomic mass is 10.1. The van der Waals surface area contributed by atoms with Crippen molar-refractivity contribution in [2.45, 2.75) is 12.1 Å². The van der Waals surface area contributed by atoms with Crippen LogP contribution in [0.5, 0.6) is 0 Å². The van der Waals surface area contributed by atoms with E-state index in [0.717, 1.165) is 23.4 Å². The van der Waals surface area contributed by atoms with Gasteiger partial charge in [0.25, 0.3) is 0 Å². The molecule has 1 aromatic heterocycles. The van der Waals surface area contributed by atoms with Crippen molar-refractivity contribution in [3.63, 3.8) is 0 Å². The Kier molecular flexibility index (Phi) is 5.43. The number of hydrogen-bond donors (Lipinski definition) is 2. The number of thioether (sulfide) groups is 1. The summed E-state index contributed by atoms with van der Waals surface area (Å²) in [5, 5.41) is 9.75. The van der Waals surface area contributed by atoms with Gasteiger partial charge in [-0.1, -0.05) is 42.1 Å². The first-order valence-electron chi connectivity index (χ1n) is 7.74. The number of Topliss-reactive ketones (excluding diaryl/α,β-unsaturated/α-hetero) is 1. The molecule has 0 radical (unpaired) electrons. The van der Waals surface area contributed by atoms with Crippen molar-refractivity contribution >= 4 is 29.1 Å². The highest BCUT2D eigenvalue weighted by Crippen LogP contribution is 2.21. The van der Waals surface area contributed by atoms with Gasteiger partial charge < -0.3 is 5.32 Å². The van der Waals surface area contributed by atoms with Crippen LogP contribution in [0, 0.1) is 5.82 Å². The van der Waals surface area contributed by atoms with Crippen LogP contribution in [-0.2, 0) is 4.79 Å². The molecular weight excluding hydrogens is 355 g/mol. The Balaban J connectivity index is 1.64. The number of nitrogens with one attached hydrogen (secondary N) is 2. The van der Waals surface area contributed by atoms with Crippen LogP contribution in [0.4, 0.5) is 10.1 Å².